The molecule has 0 aromatic heterocycles. The Bertz CT molecular complexity index is 277. The third-order valence-electron chi connectivity index (χ3n) is 3.21. The number of hydrogen-bond acceptors (Lipinski definition) is 3. The van der Waals surface area contributed by atoms with Crippen molar-refractivity contribution in [2.45, 2.75) is 37.9 Å². The second-order valence-corrected chi connectivity index (χ2v) is 4.76. The van der Waals surface area contributed by atoms with E-state index in [9.17, 15) is 18.0 Å². The topological polar surface area (TPSA) is 41.6 Å². The van der Waals surface area contributed by atoms with Gasteiger partial charge in [0.2, 0.25) is 5.91 Å². The molecule has 1 heterocycles. The molecule has 1 unspecified atom stereocenters. The normalized spacial score (nSPS) is 20.9. The van der Waals surface area contributed by atoms with Crippen LogP contribution in [0.4, 0.5) is 13.2 Å². The molecule has 7 heteroatoms. The van der Waals surface area contributed by atoms with Gasteiger partial charge >= 0.3 is 6.18 Å². The zero-order valence-electron chi connectivity index (χ0n) is 11.1. The van der Waals surface area contributed by atoms with Crippen molar-refractivity contribution >= 4 is 5.91 Å². The van der Waals surface area contributed by atoms with Gasteiger partial charge in [-0.1, -0.05) is 0 Å². The molecule has 1 N–H and O–H groups in total. The quantitative estimate of drug-likeness (QED) is 0.778. The van der Waals surface area contributed by atoms with Crippen LogP contribution in [0.15, 0.2) is 0 Å². The lowest BCUT2D eigenvalue weighted by molar-refractivity contribution is -0.175. The van der Waals surface area contributed by atoms with Crippen LogP contribution in [0.25, 0.3) is 0 Å². The highest BCUT2D eigenvalue weighted by molar-refractivity contribution is 5.76. The van der Waals surface area contributed by atoms with Gasteiger partial charge in [-0.3, -0.25) is 4.79 Å². The summed E-state index contributed by atoms with van der Waals surface area (Å²) >= 11 is 0. The Labute approximate surface area is 111 Å². The van der Waals surface area contributed by atoms with E-state index in [1.807, 2.05) is 0 Å². The third kappa shape index (κ3) is 6.77. The molecular formula is C12H21F3N2O2. The van der Waals surface area contributed by atoms with Gasteiger partial charge in [0.1, 0.15) is 6.61 Å². The van der Waals surface area contributed by atoms with Gasteiger partial charge in [0, 0.05) is 13.1 Å². The fourth-order valence-electron chi connectivity index (χ4n) is 2.12. The molecule has 0 aromatic rings. The first-order valence-corrected chi connectivity index (χ1v) is 6.51. The Kier molecular flexibility index (Phi) is 6.57. The number of carbonyl (C=O) groups excluding carboxylic acids is 1. The molecular weight excluding hydrogens is 261 g/mol. The molecule has 112 valence electrons. The summed E-state index contributed by atoms with van der Waals surface area (Å²) in [6, 6.07) is 0.171. The summed E-state index contributed by atoms with van der Waals surface area (Å²) in [6.45, 7) is 0.338. The average Bonchev–Trinajstić information content (AvgIpc) is 2.61. The van der Waals surface area contributed by atoms with Crippen molar-refractivity contribution < 1.29 is 22.7 Å². The molecule has 4 nitrogen and oxygen atoms in total. The first kappa shape index (κ1) is 16.2. The van der Waals surface area contributed by atoms with Gasteiger partial charge in [0.05, 0.1) is 13.0 Å². The number of nitrogens with zero attached hydrogens (tertiary/aromatic N) is 1. The van der Waals surface area contributed by atoms with Crippen LogP contribution in [0.5, 0.6) is 0 Å². The van der Waals surface area contributed by atoms with E-state index in [0.29, 0.717) is 0 Å². The van der Waals surface area contributed by atoms with E-state index in [1.54, 1.807) is 11.9 Å². The largest absolute Gasteiger partial charge is 0.411 e. The molecule has 0 aliphatic carbocycles. The number of carbonyl (C=O) groups is 1. The minimum Gasteiger partial charge on any atom is -0.372 e. The van der Waals surface area contributed by atoms with Crippen LogP contribution < -0.4 is 5.32 Å². The van der Waals surface area contributed by atoms with Crippen LogP contribution in [0.3, 0.4) is 0 Å². The summed E-state index contributed by atoms with van der Waals surface area (Å²) in [6.07, 6.45) is -1.52. The van der Waals surface area contributed by atoms with Gasteiger partial charge in [-0.05, 0) is 32.4 Å². The number of halogens is 3. The smallest absolute Gasteiger partial charge is 0.372 e. The standard InChI is InChI=1S/C12H21F3N2O2/c1-17(10-3-2-6-16-7-4-10)11(18)5-8-19-9-12(13,14)15/h10,16H,2-9H2,1H3. The lowest BCUT2D eigenvalue weighted by atomic mass is 10.1. The second-order valence-electron chi connectivity index (χ2n) is 4.76. The van der Waals surface area contributed by atoms with Gasteiger partial charge in [-0.25, -0.2) is 0 Å². The average molecular weight is 282 g/mol. The summed E-state index contributed by atoms with van der Waals surface area (Å²) in [5.74, 6) is -0.158. The van der Waals surface area contributed by atoms with Crippen molar-refractivity contribution in [3.05, 3.63) is 0 Å². The lowest BCUT2D eigenvalue weighted by Gasteiger charge is -2.27. The first-order valence-electron chi connectivity index (χ1n) is 6.51. The summed E-state index contributed by atoms with van der Waals surface area (Å²) in [5, 5.41) is 3.25. The summed E-state index contributed by atoms with van der Waals surface area (Å²) in [7, 11) is 1.71. The molecule has 1 atom stereocenters. The number of nitrogens with one attached hydrogen (secondary N) is 1. The van der Waals surface area contributed by atoms with E-state index in [2.05, 4.69) is 10.1 Å². The van der Waals surface area contributed by atoms with Crippen LogP contribution in [0.1, 0.15) is 25.7 Å². The number of amides is 1. The molecule has 1 amide bonds. The molecule has 0 saturated carbocycles. The van der Waals surface area contributed by atoms with E-state index in [-0.39, 0.29) is 25.0 Å². The van der Waals surface area contributed by atoms with Crippen LogP contribution in [0.2, 0.25) is 0 Å². The van der Waals surface area contributed by atoms with Crippen LogP contribution in [-0.4, -0.2) is 56.4 Å². The summed E-state index contributed by atoms with van der Waals surface area (Å²) in [5.41, 5.74) is 0. The van der Waals surface area contributed by atoms with Crippen LogP contribution in [-0.2, 0) is 9.53 Å². The Balaban J connectivity index is 2.24. The molecule has 0 radical (unpaired) electrons. The van der Waals surface area contributed by atoms with Gasteiger partial charge in [0.15, 0.2) is 0 Å². The number of rotatable bonds is 5. The fourth-order valence-corrected chi connectivity index (χ4v) is 2.12. The van der Waals surface area contributed by atoms with E-state index >= 15 is 0 Å². The van der Waals surface area contributed by atoms with Crippen LogP contribution >= 0.6 is 0 Å². The van der Waals surface area contributed by atoms with Gasteiger partial charge in [-0.15, -0.1) is 0 Å². The minimum atomic E-state index is -4.33. The SMILES string of the molecule is CN(C(=O)CCOCC(F)(F)F)C1CCCNCC1. The van der Waals surface area contributed by atoms with Crippen molar-refractivity contribution in [3.8, 4) is 0 Å². The van der Waals surface area contributed by atoms with Gasteiger partial charge < -0.3 is 15.0 Å². The van der Waals surface area contributed by atoms with Crippen molar-refractivity contribution in [3.63, 3.8) is 0 Å². The molecule has 1 aliphatic rings. The van der Waals surface area contributed by atoms with Gasteiger partial charge in [-0.2, -0.15) is 13.2 Å². The predicted molar refractivity (Wildman–Crippen MR) is 64.8 cm³/mol. The number of ether oxygens (including phenoxy) is 1. The highest BCUT2D eigenvalue weighted by Gasteiger charge is 2.27. The van der Waals surface area contributed by atoms with E-state index in [1.165, 1.54) is 0 Å². The lowest BCUT2D eigenvalue weighted by Crippen LogP contribution is -2.38. The van der Waals surface area contributed by atoms with E-state index in [0.717, 1.165) is 32.4 Å². The Morgan fingerprint density at radius 3 is 2.79 bits per heavy atom. The maximum atomic E-state index is 11.8. The summed E-state index contributed by atoms with van der Waals surface area (Å²) in [4.78, 5) is 13.5. The molecule has 1 rings (SSSR count). The molecule has 1 saturated heterocycles. The highest BCUT2D eigenvalue weighted by Crippen LogP contribution is 2.15. The fraction of sp³-hybridized carbons (Fsp3) is 0.917. The number of hydrogen-bond donors (Lipinski definition) is 1. The van der Waals surface area contributed by atoms with Crippen molar-refractivity contribution in [2.24, 2.45) is 0 Å². The zero-order valence-corrected chi connectivity index (χ0v) is 11.1. The molecule has 19 heavy (non-hydrogen) atoms. The molecule has 1 aliphatic heterocycles. The van der Waals surface area contributed by atoms with E-state index in [4.69, 9.17) is 0 Å². The zero-order chi connectivity index (χ0) is 14.3. The summed E-state index contributed by atoms with van der Waals surface area (Å²) < 4.78 is 40.0. The molecule has 0 bridgehead atoms. The maximum Gasteiger partial charge on any atom is 0.411 e. The predicted octanol–water partition coefficient (Wildman–Crippen LogP) is 1.56. The highest BCUT2D eigenvalue weighted by atomic mass is 19.4. The Morgan fingerprint density at radius 1 is 1.37 bits per heavy atom. The van der Waals surface area contributed by atoms with Crippen LogP contribution in [0, 0.1) is 0 Å². The van der Waals surface area contributed by atoms with Crippen molar-refractivity contribution in [2.75, 3.05) is 33.4 Å². The van der Waals surface area contributed by atoms with E-state index < -0.39 is 12.8 Å². The maximum absolute atomic E-state index is 11.8. The second kappa shape index (κ2) is 7.69. The Hall–Kier alpha value is -0.820. The van der Waals surface area contributed by atoms with Crippen molar-refractivity contribution in [1.82, 2.24) is 10.2 Å². The molecule has 0 aromatic carbocycles. The third-order valence-corrected chi connectivity index (χ3v) is 3.21. The van der Waals surface area contributed by atoms with Crippen molar-refractivity contribution in [1.29, 1.82) is 0 Å². The van der Waals surface area contributed by atoms with Gasteiger partial charge in [0.25, 0.3) is 0 Å². The Morgan fingerprint density at radius 2 is 2.11 bits per heavy atom. The first-order chi connectivity index (χ1) is 8.90. The minimum absolute atomic E-state index is 0.00346. The molecule has 1 fully saturated rings. The monoisotopic (exact) mass is 282 g/mol. The molecule has 0 spiro atoms. The number of alkyl halides is 3.